The quantitative estimate of drug-likeness (QED) is 0.941. The van der Waals surface area contributed by atoms with Gasteiger partial charge in [0.25, 0.3) is 0 Å². The summed E-state index contributed by atoms with van der Waals surface area (Å²) in [5, 5.41) is 15.3. The molecule has 112 valence electrons. The van der Waals surface area contributed by atoms with Crippen molar-refractivity contribution in [2.75, 3.05) is 0 Å². The average Bonchev–Trinajstić information content (AvgIpc) is 2.79. The first-order chi connectivity index (χ1) is 10.1. The second-order valence-corrected chi connectivity index (χ2v) is 6.29. The van der Waals surface area contributed by atoms with Crippen molar-refractivity contribution in [2.45, 2.75) is 58.1 Å². The molecule has 2 aromatic rings. The molecule has 21 heavy (non-hydrogen) atoms. The average molecular weight is 285 g/mol. The van der Waals surface area contributed by atoms with Gasteiger partial charge in [-0.05, 0) is 32.8 Å². The Bertz CT molecular complexity index is 627. The molecule has 0 atom stereocenters. The lowest BCUT2D eigenvalue weighted by atomic mass is 9.85. The van der Waals surface area contributed by atoms with E-state index in [1.54, 1.807) is 0 Å². The smallest absolute Gasteiger partial charge is 0.158 e. The van der Waals surface area contributed by atoms with Gasteiger partial charge >= 0.3 is 0 Å². The Hall–Kier alpha value is -1.68. The van der Waals surface area contributed by atoms with Gasteiger partial charge in [0.1, 0.15) is 5.82 Å². The molecule has 1 aliphatic carbocycles. The van der Waals surface area contributed by atoms with Crippen molar-refractivity contribution in [1.82, 2.24) is 14.8 Å². The monoisotopic (exact) mass is 285 g/mol. The van der Waals surface area contributed by atoms with Gasteiger partial charge in [-0.1, -0.05) is 43.0 Å². The van der Waals surface area contributed by atoms with E-state index >= 15 is 0 Å². The second-order valence-electron chi connectivity index (χ2n) is 6.29. The lowest BCUT2D eigenvalue weighted by Crippen LogP contribution is -2.36. The molecule has 0 bridgehead atoms. The van der Waals surface area contributed by atoms with E-state index in [1.165, 1.54) is 12.0 Å². The first-order valence-corrected chi connectivity index (χ1v) is 7.77. The fourth-order valence-electron chi connectivity index (χ4n) is 3.21. The summed E-state index contributed by atoms with van der Waals surface area (Å²) < 4.78 is 1.88. The summed E-state index contributed by atoms with van der Waals surface area (Å²) in [4.78, 5) is 4.56. The Balaban J connectivity index is 1.92. The number of aryl methyl sites for hydroxylation is 2. The van der Waals surface area contributed by atoms with Crippen LogP contribution in [0, 0.1) is 13.8 Å². The highest BCUT2D eigenvalue weighted by atomic mass is 16.3. The molecule has 1 fully saturated rings. The molecule has 0 saturated heterocycles. The number of hydrogen-bond acceptors (Lipinski definition) is 3. The van der Waals surface area contributed by atoms with Crippen LogP contribution in [0.5, 0.6) is 0 Å². The Morgan fingerprint density at radius 3 is 2.67 bits per heavy atom. The lowest BCUT2D eigenvalue weighted by Gasteiger charge is -2.32. The molecule has 0 amide bonds. The molecule has 1 saturated carbocycles. The number of nitrogens with zero attached hydrogens (tertiary/aromatic N) is 3. The van der Waals surface area contributed by atoms with Crippen molar-refractivity contribution in [3.8, 4) is 11.4 Å². The number of aromatic nitrogens is 3. The molecule has 0 spiro atoms. The lowest BCUT2D eigenvalue weighted by molar-refractivity contribution is -0.0139. The summed E-state index contributed by atoms with van der Waals surface area (Å²) in [7, 11) is 0. The summed E-state index contributed by atoms with van der Waals surface area (Å²) in [6.07, 6.45) is 5.15. The fourth-order valence-corrected chi connectivity index (χ4v) is 3.21. The van der Waals surface area contributed by atoms with Gasteiger partial charge in [0.15, 0.2) is 5.82 Å². The largest absolute Gasteiger partial charge is 0.388 e. The van der Waals surface area contributed by atoms with Crippen LogP contribution in [-0.4, -0.2) is 25.5 Å². The van der Waals surface area contributed by atoms with Gasteiger partial charge in [0, 0.05) is 5.56 Å². The van der Waals surface area contributed by atoms with E-state index in [-0.39, 0.29) is 0 Å². The van der Waals surface area contributed by atoms with Crippen molar-refractivity contribution in [3.05, 3.63) is 35.7 Å². The van der Waals surface area contributed by atoms with Crippen LogP contribution in [0.2, 0.25) is 0 Å². The van der Waals surface area contributed by atoms with Crippen LogP contribution >= 0.6 is 0 Å². The Labute approximate surface area is 125 Å². The van der Waals surface area contributed by atoms with Crippen LogP contribution < -0.4 is 0 Å². The maximum atomic E-state index is 10.8. The van der Waals surface area contributed by atoms with Crippen molar-refractivity contribution in [3.63, 3.8) is 0 Å². The molecule has 1 heterocycles. The highest BCUT2D eigenvalue weighted by molar-refractivity contribution is 5.56. The molecule has 1 aliphatic rings. The third-order valence-electron chi connectivity index (χ3n) is 4.28. The van der Waals surface area contributed by atoms with E-state index < -0.39 is 5.60 Å². The predicted molar refractivity (Wildman–Crippen MR) is 83.0 cm³/mol. The summed E-state index contributed by atoms with van der Waals surface area (Å²) in [6.45, 7) is 4.52. The number of rotatable bonds is 3. The van der Waals surface area contributed by atoms with Crippen molar-refractivity contribution >= 4 is 0 Å². The normalized spacial score (nSPS) is 17.9. The Kier molecular flexibility index (Phi) is 3.81. The molecule has 4 nitrogen and oxygen atoms in total. The zero-order valence-electron chi connectivity index (χ0n) is 12.8. The minimum absolute atomic E-state index is 0.539. The molecular formula is C17H23N3O. The van der Waals surface area contributed by atoms with Crippen molar-refractivity contribution in [1.29, 1.82) is 0 Å². The molecule has 4 heteroatoms. The molecule has 1 aromatic heterocycles. The van der Waals surface area contributed by atoms with E-state index in [4.69, 9.17) is 0 Å². The fraction of sp³-hybridized carbons (Fsp3) is 0.529. The first-order valence-electron chi connectivity index (χ1n) is 7.77. The van der Waals surface area contributed by atoms with E-state index in [2.05, 4.69) is 35.2 Å². The predicted octanol–water partition coefficient (Wildman–Crippen LogP) is 3.26. The zero-order chi connectivity index (χ0) is 14.9. The molecule has 1 aromatic carbocycles. The molecule has 3 rings (SSSR count). The van der Waals surface area contributed by atoms with Gasteiger partial charge in [-0.3, -0.25) is 0 Å². The summed E-state index contributed by atoms with van der Waals surface area (Å²) in [5.41, 5.74) is 1.64. The van der Waals surface area contributed by atoms with Crippen LogP contribution in [0.25, 0.3) is 11.4 Å². The van der Waals surface area contributed by atoms with Gasteiger partial charge < -0.3 is 5.11 Å². The van der Waals surface area contributed by atoms with Gasteiger partial charge in [-0.25, -0.2) is 9.67 Å². The number of aliphatic hydroxyl groups is 1. The van der Waals surface area contributed by atoms with Gasteiger partial charge in [0.05, 0.1) is 12.1 Å². The Morgan fingerprint density at radius 1 is 1.19 bits per heavy atom. The van der Waals surface area contributed by atoms with E-state index in [1.807, 2.05) is 17.7 Å². The standard InChI is InChI=1S/C17H23N3O/c1-13-7-6-8-15(11-13)16-18-14(2)19-20(16)12-17(21)9-4-3-5-10-17/h6-8,11,21H,3-5,9-10,12H2,1-2H3. The van der Waals surface area contributed by atoms with E-state index in [9.17, 15) is 5.11 Å². The van der Waals surface area contributed by atoms with Crippen molar-refractivity contribution in [2.24, 2.45) is 0 Å². The van der Waals surface area contributed by atoms with Gasteiger partial charge in [0.2, 0.25) is 0 Å². The molecule has 1 N–H and O–H groups in total. The highest BCUT2D eigenvalue weighted by Gasteiger charge is 2.31. The van der Waals surface area contributed by atoms with Crippen LogP contribution in [0.4, 0.5) is 0 Å². The third kappa shape index (κ3) is 3.16. The van der Waals surface area contributed by atoms with Crippen molar-refractivity contribution < 1.29 is 5.11 Å². The molecular weight excluding hydrogens is 262 g/mol. The number of benzene rings is 1. The SMILES string of the molecule is Cc1cccc(-c2nc(C)nn2CC2(O)CCCCC2)c1. The topological polar surface area (TPSA) is 50.9 Å². The molecule has 0 aliphatic heterocycles. The first kappa shape index (κ1) is 14.3. The maximum Gasteiger partial charge on any atom is 0.158 e. The number of hydrogen-bond donors (Lipinski definition) is 1. The van der Waals surface area contributed by atoms with Gasteiger partial charge in [-0.2, -0.15) is 5.10 Å². The van der Waals surface area contributed by atoms with E-state index in [0.717, 1.165) is 42.9 Å². The molecule has 0 unspecified atom stereocenters. The van der Waals surface area contributed by atoms with Crippen LogP contribution in [0.3, 0.4) is 0 Å². The van der Waals surface area contributed by atoms with E-state index in [0.29, 0.717) is 6.54 Å². The summed E-state index contributed by atoms with van der Waals surface area (Å²) >= 11 is 0. The van der Waals surface area contributed by atoms with Crippen LogP contribution in [-0.2, 0) is 6.54 Å². The highest BCUT2D eigenvalue weighted by Crippen LogP contribution is 2.30. The molecule has 0 radical (unpaired) electrons. The third-order valence-corrected chi connectivity index (χ3v) is 4.28. The second kappa shape index (κ2) is 5.60. The Morgan fingerprint density at radius 2 is 1.95 bits per heavy atom. The van der Waals surface area contributed by atoms with Crippen LogP contribution in [0.15, 0.2) is 24.3 Å². The maximum absolute atomic E-state index is 10.8. The minimum atomic E-state index is -0.628. The van der Waals surface area contributed by atoms with Gasteiger partial charge in [-0.15, -0.1) is 0 Å². The summed E-state index contributed by atoms with van der Waals surface area (Å²) in [6, 6.07) is 8.28. The summed E-state index contributed by atoms with van der Waals surface area (Å²) in [5.74, 6) is 1.61. The minimum Gasteiger partial charge on any atom is -0.388 e. The van der Waals surface area contributed by atoms with Crippen LogP contribution in [0.1, 0.15) is 43.5 Å². The zero-order valence-corrected chi connectivity index (χ0v) is 12.8.